The van der Waals surface area contributed by atoms with E-state index >= 15 is 0 Å². The fourth-order valence-electron chi connectivity index (χ4n) is 3.57. The second-order valence-corrected chi connectivity index (χ2v) is 7.82. The standard InChI is InChI=1S/C20H18N4O3S/c25-18(10-9-17-22-19(23-27-17)15-7-4-12-26-15)24-11-3-6-14(24)20-21-13-5-1-2-8-16(13)28-20/h1-2,4-5,7-8,12,14H,3,6,9-11H2. The van der Waals surface area contributed by atoms with Crippen molar-refractivity contribution in [1.29, 1.82) is 0 Å². The highest BCUT2D eigenvalue weighted by Crippen LogP contribution is 2.36. The van der Waals surface area contributed by atoms with E-state index in [1.165, 1.54) is 0 Å². The zero-order chi connectivity index (χ0) is 18.9. The van der Waals surface area contributed by atoms with E-state index in [1.807, 2.05) is 23.1 Å². The molecule has 1 unspecified atom stereocenters. The minimum atomic E-state index is 0.0614. The summed E-state index contributed by atoms with van der Waals surface area (Å²) in [6.45, 7) is 0.765. The third-order valence-corrected chi connectivity index (χ3v) is 6.07. The average Bonchev–Trinajstić information content (AvgIpc) is 3.50. The summed E-state index contributed by atoms with van der Waals surface area (Å²) in [7, 11) is 0. The number of hydrogen-bond acceptors (Lipinski definition) is 7. The highest BCUT2D eigenvalue weighted by molar-refractivity contribution is 7.18. The third kappa shape index (κ3) is 3.20. The van der Waals surface area contributed by atoms with Crippen LogP contribution >= 0.6 is 11.3 Å². The van der Waals surface area contributed by atoms with Crippen molar-refractivity contribution in [3.05, 3.63) is 53.6 Å². The number of nitrogens with zero attached hydrogens (tertiary/aromatic N) is 4. The van der Waals surface area contributed by atoms with Gasteiger partial charge in [-0.2, -0.15) is 4.98 Å². The van der Waals surface area contributed by atoms with Gasteiger partial charge >= 0.3 is 0 Å². The summed E-state index contributed by atoms with van der Waals surface area (Å²) < 4.78 is 11.7. The molecule has 3 aromatic heterocycles. The van der Waals surface area contributed by atoms with E-state index in [0.717, 1.165) is 34.6 Å². The molecule has 4 heterocycles. The number of benzene rings is 1. The molecule has 7 nitrogen and oxygen atoms in total. The monoisotopic (exact) mass is 394 g/mol. The SMILES string of the molecule is O=C(CCc1nc(-c2ccco2)no1)N1CCCC1c1nc2ccccc2s1. The number of fused-ring (bicyclic) bond motifs is 1. The first-order valence-electron chi connectivity index (χ1n) is 9.29. The fraction of sp³-hybridized carbons (Fsp3) is 0.300. The molecule has 0 N–H and O–H groups in total. The number of rotatable bonds is 5. The summed E-state index contributed by atoms with van der Waals surface area (Å²) in [5.74, 6) is 1.49. The van der Waals surface area contributed by atoms with Gasteiger partial charge in [0.05, 0.1) is 22.5 Å². The predicted molar refractivity (Wildman–Crippen MR) is 104 cm³/mol. The van der Waals surface area contributed by atoms with Crippen molar-refractivity contribution in [2.75, 3.05) is 6.54 Å². The second-order valence-electron chi connectivity index (χ2n) is 6.75. The molecular weight excluding hydrogens is 376 g/mol. The van der Waals surface area contributed by atoms with E-state index in [1.54, 1.807) is 29.7 Å². The maximum Gasteiger partial charge on any atom is 0.238 e. The molecule has 0 radical (unpaired) electrons. The Hall–Kier alpha value is -3.00. The van der Waals surface area contributed by atoms with Crippen molar-refractivity contribution in [2.24, 2.45) is 0 Å². The van der Waals surface area contributed by atoms with E-state index in [-0.39, 0.29) is 11.9 Å². The molecule has 1 aliphatic heterocycles. The molecule has 0 saturated carbocycles. The van der Waals surface area contributed by atoms with Crippen molar-refractivity contribution >= 4 is 27.5 Å². The van der Waals surface area contributed by atoms with E-state index in [2.05, 4.69) is 16.2 Å². The fourth-order valence-corrected chi connectivity index (χ4v) is 4.69. The van der Waals surface area contributed by atoms with Gasteiger partial charge in [-0.15, -0.1) is 11.3 Å². The lowest BCUT2D eigenvalue weighted by Gasteiger charge is -2.22. The lowest BCUT2D eigenvalue weighted by molar-refractivity contribution is -0.132. The van der Waals surface area contributed by atoms with E-state index in [0.29, 0.717) is 30.3 Å². The molecule has 0 aliphatic carbocycles. The minimum Gasteiger partial charge on any atom is -0.461 e. The normalized spacial score (nSPS) is 16.9. The zero-order valence-electron chi connectivity index (χ0n) is 15.1. The molecule has 1 fully saturated rings. The van der Waals surface area contributed by atoms with Gasteiger partial charge in [-0.05, 0) is 37.1 Å². The maximum atomic E-state index is 12.8. The smallest absolute Gasteiger partial charge is 0.238 e. The first-order chi connectivity index (χ1) is 13.8. The molecule has 5 rings (SSSR count). The van der Waals surface area contributed by atoms with Crippen LogP contribution in [0.4, 0.5) is 0 Å². The van der Waals surface area contributed by atoms with Crippen LogP contribution in [0.15, 0.2) is 51.6 Å². The number of para-hydroxylation sites is 1. The Kier molecular flexibility index (Phi) is 4.40. The molecule has 142 valence electrons. The number of aryl methyl sites for hydroxylation is 1. The van der Waals surface area contributed by atoms with Gasteiger partial charge in [0.25, 0.3) is 0 Å². The molecule has 28 heavy (non-hydrogen) atoms. The van der Waals surface area contributed by atoms with Gasteiger partial charge in [0, 0.05) is 19.4 Å². The van der Waals surface area contributed by atoms with Crippen LogP contribution in [0.3, 0.4) is 0 Å². The molecule has 1 atom stereocenters. The van der Waals surface area contributed by atoms with E-state index in [9.17, 15) is 4.79 Å². The van der Waals surface area contributed by atoms with Crippen LogP contribution < -0.4 is 0 Å². The largest absolute Gasteiger partial charge is 0.461 e. The molecule has 1 saturated heterocycles. The van der Waals surface area contributed by atoms with Crippen LogP contribution in [-0.4, -0.2) is 32.5 Å². The number of furan rings is 1. The van der Waals surface area contributed by atoms with E-state index < -0.39 is 0 Å². The Morgan fingerprint density at radius 3 is 3.00 bits per heavy atom. The number of likely N-dealkylation sites (tertiary alicyclic amines) is 1. The van der Waals surface area contributed by atoms with Gasteiger partial charge in [-0.1, -0.05) is 17.3 Å². The first kappa shape index (κ1) is 17.1. The molecular formula is C20H18N4O3S. The highest BCUT2D eigenvalue weighted by Gasteiger charge is 2.32. The number of aromatic nitrogens is 3. The molecule has 0 bridgehead atoms. The second kappa shape index (κ2) is 7.20. The number of carbonyl (C=O) groups is 1. The molecule has 4 aromatic rings. The van der Waals surface area contributed by atoms with Crippen molar-refractivity contribution in [1.82, 2.24) is 20.0 Å². The van der Waals surface area contributed by atoms with Crippen LogP contribution in [-0.2, 0) is 11.2 Å². The van der Waals surface area contributed by atoms with Gasteiger partial charge in [0.2, 0.25) is 17.6 Å². The molecule has 1 aliphatic rings. The van der Waals surface area contributed by atoms with Crippen LogP contribution in [0.5, 0.6) is 0 Å². The summed E-state index contributed by atoms with van der Waals surface area (Å²) in [5.41, 5.74) is 0.998. The minimum absolute atomic E-state index is 0.0614. The molecule has 1 aromatic carbocycles. The predicted octanol–water partition coefficient (Wildman–Crippen LogP) is 4.24. The van der Waals surface area contributed by atoms with E-state index in [4.69, 9.17) is 13.9 Å². The highest BCUT2D eigenvalue weighted by atomic mass is 32.1. The van der Waals surface area contributed by atoms with Gasteiger partial charge in [-0.25, -0.2) is 4.98 Å². The quantitative estimate of drug-likeness (QED) is 0.503. The van der Waals surface area contributed by atoms with Crippen LogP contribution in [0.25, 0.3) is 21.8 Å². The Labute approximate surface area is 165 Å². The zero-order valence-corrected chi connectivity index (χ0v) is 15.9. The molecule has 0 spiro atoms. The van der Waals surface area contributed by atoms with Gasteiger partial charge in [0.15, 0.2) is 5.76 Å². The summed E-state index contributed by atoms with van der Waals surface area (Å²) in [6.07, 6.45) is 4.26. The van der Waals surface area contributed by atoms with Crippen molar-refractivity contribution in [3.8, 4) is 11.6 Å². The average molecular weight is 394 g/mol. The molecule has 1 amide bonds. The number of amides is 1. The van der Waals surface area contributed by atoms with Crippen molar-refractivity contribution in [3.63, 3.8) is 0 Å². The maximum absolute atomic E-state index is 12.8. The van der Waals surface area contributed by atoms with Crippen molar-refractivity contribution < 1.29 is 13.7 Å². The van der Waals surface area contributed by atoms with Crippen LogP contribution in [0.1, 0.15) is 36.2 Å². The van der Waals surface area contributed by atoms with Crippen LogP contribution in [0, 0.1) is 0 Å². The Morgan fingerprint density at radius 2 is 2.14 bits per heavy atom. The Balaban J connectivity index is 1.27. The number of hydrogen-bond donors (Lipinski definition) is 0. The topological polar surface area (TPSA) is 85.3 Å². The van der Waals surface area contributed by atoms with Gasteiger partial charge < -0.3 is 13.8 Å². The third-order valence-electron chi connectivity index (χ3n) is 4.93. The molecule has 8 heteroatoms. The Bertz CT molecular complexity index is 1070. The lowest BCUT2D eigenvalue weighted by Crippen LogP contribution is -2.30. The first-order valence-corrected chi connectivity index (χ1v) is 10.1. The summed E-state index contributed by atoms with van der Waals surface area (Å²) in [6, 6.07) is 11.7. The van der Waals surface area contributed by atoms with Gasteiger partial charge in [0.1, 0.15) is 5.01 Å². The van der Waals surface area contributed by atoms with Crippen molar-refractivity contribution in [2.45, 2.75) is 31.7 Å². The Morgan fingerprint density at radius 1 is 1.21 bits per heavy atom. The number of thiazole rings is 1. The van der Waals surface area contributed by atoms with Gasteiger partial charge in [-0.3, -0.25) is 4.79 Å². The number of carbonyl (C=O) groups excluding carboxylic acids is 1. The van der Waals surface area contributed by atoms with Crippen LogP contribution in [0.2, 0.25) is 0 Å². The summed E-state index contributed by atoms with van der Waals surface area (Å²) in [4.78, 5) is 23.8. The lowest BCUT2D eigenvalue weighted by atomic mass is 10.2. The summed E-state index contributed by atoms with van der Waals surface area (Å²) >= 11 is 1.68. The summed E-state index contributed by atoms with van der Waals surface area (Å²) in [5, 5.41) is 4.93.